The van der Waals surface area contributed by atoms with Crippen LogP contribution >= 0.6 is 0 Å². The summed E-state index contributed by atoms with van der Waals surface area (Å²) in [7, 11) is 0. The van der Waals surface area contributed by atoms with E-state index >= 15 is 0 Å². The molecule has 64 valence electrons. The molecule has 0 aliphatic rings. The molecule has 0 bridgehead atoms. The van der Waals surface area contributed by atoms with E-state index in [0.717, 1.165) is 0 Å². The van der Waals surface area contributed by atoms with Crippen LogP contribution in [0.25, 0.3) is 0 Å². The Morgan fingerprint density at radius 3 is 2.36 bits per heavy atom. The third-order valence-corrected chi connectivity index (χ3v) is 1.06. The summed E-state index contributed by atoms with van der Waals surface area (Å²) in [6.07, 6.45) is 5.66. The summed E-state index contributed by atoms with van der Waals surface area (Å²) in [5.74, 6) is 0. The lowest BCUT2D eigenvalue weighted by Gasteiger charge is -2.00. The van der Waals surface area contributed by atoms with Crippen LogP contribution in [-0.4, -0.2) is 26.4 Å². The Hall–Kier alpha value is -0.600. The van der Waals surface area contributed by atoms with Crippen molar-refractivity contribution in [3.8, 4) is 0 Å². The van der Waals surface area contributed by atoms with Gasteiger partial charge in [0.1, 0.15) is 0 Å². The Balaban J connectivity index is 2.84. The van der Waals surface area contributed by atoms with Crippen LogP contribution in [0.2, 0.25) is 0 Å². The zero-order valence-corrected chi connectivity index (χ0v) is 7.08. The van der Waals surface area contributed by atoms with Gasteiger partial charge in [0.2, 0.25) is 0 Å². The molecular formula is C9H16O2. The van der Waals surface area contributed by atoms with Crippen molar-refractivity contribution in [3.63, 3.8) is 0 Å². The van der Waals surface area contributed by atoms with Crippen LogP contribution in [0.1, 0.15) is 6.92 Å². The highest BCUT2D eigenvalue weighted by Gasteiger charge is 1.83. The first-order chi connectivity index (χ1) is 5.41. The average molecular weight is 156 g/mol. The van der Waals surface area contributed by atoms with E-state index in [1.165, 1.54) is 0 Å². The maximum atomic E-state index is 5.17. The molecule has 0 aliphatic carbocycles. The van der Waals surface area contributed by atoms with Gasteiger partial charge < -0.3 is 9.47 Å². The molecule has 0 fully saturated rings. The fraction of sp³-hybridized carbons (Fsp3) is 0.556. The van der Waals surface area contributed by atoms with E-state index in [0.29, 0.717) is 26.4 Å². The summed E-state index contributed by atoms with van der Waals surface area (Å²) < 4.78 is 10.3. The van der Waals surface area contributed by atoms with Gasteiger partial charge in [-0.3, -0.25) is 0 Å². The molecule has 0 aromatic heterocycles. The molecule has 2 heteroatoms. The van der Waals surface area contributed by atoms with Crippen LogP contribution in [0.3, 0.4) is 0 Å². The SMILES string of the molecule is C=CCOCCOCC=CC. The van der Waals surface area contributed by atoms with Crippen LogP contribution in [0.15, 0.2) is 24.8 Å². The van der Waals surface area contributed by atoms with Gasteiger partial charge in [0.25, 0.3) is 0 Å². The van der Waals surface area contributed by atoms with E-state index in [-0.39, 0.29) is 0 Å². The minimum absolute atomic E-state index is 0.604. The predicted molar refractivity (Wildman–Crippen MR) is 46.6 cm³/mol. The Kier molecular flexibility index (Phi) is 8.89. The van der Waals surface area contributed by atoms with Gasteiger partial charge in [-0.15, -0.1) is 6.58 Å². The fourth-order valence-corrected chi connectivity index (χ4v) is 0.532. The topological polar surface area (TPSA) is 18.5 Å². The predicted octanol–water partition coefficient (Wildman–Crippen LogP) is 1.78. The molecule has 0 aromatic carbocycles. The Morgan fingerprint density at radius 1 is 1.18 bits per heavy atom. The van der Waals surface area contributed by atoms with Crippen molar-refractivity contribution in [1.82, 2.24) is 0 Å². The number of rotatable bonds is 7. The van der Waals surface area contributed by atoms with E-state index < -0.39 is 0 Å². The van der Waals surface area contributed by atoms with Crippen LogP contribution < -0.4 is 0 Å². The Bertz CT molecular complexity index is 108. The van der Waals surface area contributed by atoms with Crippen LogP contribution in [0, 0.1) is 0 Å². The lowest BCUT2D eigenvalue weighted by Crippen LogP contribution is -2.03. The number of hydrogen-bond donors (Lipinski definition) is 0. The van der Waals surface area contributed by atoms with E-state index in [1.807, 2.05) is 19.1 Å². The van der Waals surface area contributed by atoms with Crippen molar-refractivity contribution in [2.75, 3.05) is 26.4 Å². The second-order valence-corrected chi connectivity index (χ2v) is 2.01. The quantitative estimate of drug-likeness (QED) is 0.413. The third-order valence-electron chi connectivity index (χ3n) is 1.06. The van der Waals surface area contributed by atoms with Gasteiger partial charge in [0, 0.05) is 0 Å². The van der Waals surface area contributed by atoms with Crippen molar-refractivity contribution in [1.29, 1.82) is 0 Å². The summed E-state index contributed by atoms with van der Waals surface area (Å²) in [4.78, 5) is 0. The van der Waals surface area contributed by atoms with Gasteiger partial charge in [0.05, 0.1) is 26.4 Å². The summed E-state index contributed by atoms with van der Waals surface area (Å²) in [5.41, 5.74) is 0. The van der Waals surface area contributed by atoms with Crippen LogP contribution in [0.5, 0.6) is 0 Å². The highest BCUT2D eigenvalue weighted by molar-refractivity contribution is 4.75. The normalized spacial score (nSPS) is 10.6. The number of allylic oxidation sites excluding steroid dienone is 1. The molecule has 0 heterocycles. The molecule has 0 N–H and O–H groups in total. The summed E-state index contributed by atoms with van der Waals surface area (Å²) in [5, 5.41) is 0. The summed E-state index contributed by atoms with van der Waals surface area (Å²) in [6, 6.07) is 0. The average Bonchev–Trinajstić information content (AvgIpc) is 2.03. The molecule has 0 atom stereocenters. The molecule has 2 nitrogen and oxygen atoms in total. The largest absolute Gasteiger partial charge is 0.375 e. The molecule has 0 aliphatic heterocycles. The molecule has 0 radical (unpaired) electrons. The highest BCUT2D eigenvalue weighted by atomic mass is 16.5. The zero-order valence-electron chi connectivity index (χ0n) is 7.08. The maximum Gasteiger partial charge on any atom is 0.0704 e. The van der Waals surface area contributed by atoms with Gasteiger partial charge in [0.15, 0.2) is 0 Å². The number of ether oxygens (including phenoxy) is 2. The first-order valence-corrected chi connectivity index (χ1v) is 3.79. The first-order valence-electron chi connectivity index (χ1n) is 3.79. The van der Waals surface area contributed by atoms with Gasteiger partial charge in [-0.05, 0) is 6.92 Å². The minimum atomic E-state index is 0.604. The molecular weight excluding hydrogens is 140 g/mol. The first kappa shape index (κ1) is 10.4. The molecule has 0 amide bonds. The molecule has 0 saturated carbocycles. The van der Waals surface area contributed by atoms with Crippen molar-refractivity contribution >= 4 is 0 Å². The van der Waals surface area contributed by atoms with E-state index in [9.17, 15) is 0 Å². The van der Waals surface area contributed by atoms with Crippen molar-refractivity contribution in [3.05, 3.63) is 24.8 Å². The van der Waals surface area contributed by atoms with Crippen LogP contribution in [0.4, 0.5) is 0 Å². The van der Waals surface area contributed by atoms with Gasteiger partial charge in [-0.2, -0.15) is 0 Å². The second kappa shape index (κ2) is 9.40. The highest BCUT2D eigenvalue weighted by Crippen LogP contribution is 1.80. The maximum absolute atomic E-state index is 5.17. The lowest BCUT2D eigenvalue weighted by molar-refractivity contribution is 0.0709. The van der Waals surface area contributed by atoms with Crippen molar-refractivity contribution in [2.45, 2.75) is 6.92 Å². The number of hydrogen-bond acceptors (Lipinski definition) is 2. The Labute approximate surface area is 68.5 Å². The molecule has 0 saturated heterocycles. The van der Waals surface area contributed by atoms with Crippen LogP contribution in [-0.2, 0) is 9.47 Å². The molecule has 0 spiro atoms. The second-order valence-electron chi connectivity index (χ2n) is 2.01. The monoisotopic (exact) mass is 156 g/mol. The van der Waals surface area contributed by atoms with E-state index in [2.05, 4.69) is 6.58 Å². The van der Waals surface area contributed by atoms with Crippen molar-refractivity contribution < 1.29 is 9.47 Å². The van der Waals surface area contributed by atoms with Gasteiger partial charge >= 0.3 is 0 Å². The standard InChI is InChI=1S/C9H16O2/c1-3-5-7-11-9-8-10-6-4-2/h3-5H,2,6-9H2,1H3. The Morgan fingerprint density at radius 2 is 1.82 bits per heavy atom. The van der Waals surface area contributed by atoms with E-state index in [4.69, 9.17) is 9.47 Å². The minimum Gasteiger partial charge on any atom is -0.375 e. The third kappa shape index (κ3) is 9.40. The molecule has 11 heavy (non-hydrogen) atoms. The summed E-state index contributed by atoms with van der Waals surface area (Å²) in [6.45, 7) is 8.07. The van der Waals surface area contributed by atoms with E-state index in [1.54, 1.807) is 6.08 Å². The molecule has 0 unspecified atom stereocenters. The lowest BCUT2D eigenvalue weighted by atomic mass is 10.5. The molecule has 0 rings (SSSR count). The summed E-state index contributed by atoms with van der Waals surface area (Å²) >= 11 is 0. The zero-order chi connectivity index (χ0) is 8.36. The molecule has 0 aromatic rings. The fourth-order valence-electron chi connectivity index (χ4n) is 0.532. The van der Waals surface area contributed by atoms with Crippen molar-refractivity contribution in [2.24, 2.45) is 0 Å². The van der Waals surface area contributed by atoms with Gasteiger partial charge in [-0.1, -0.05) is 18.2 Å². The van der Waals surface area contributed by atoms with Gasteiger partial charge in [-0.25, -0.2) is 0 Å². The smallest absolute Gasteiger partial charge is 0.0704 e.